The Kier molecular flexibility index (Phi) is 8.24. The minimum atomic E-state index is -0.395. The third-order valence-electron chi connectivity index (χ3n) is 4.92. The highest BCUT2D eigenvalue weighted by Gasteiger charge is 2.10. The third kappa shape index (κ3) is 6.57. The Balaban J connectivity index is 1.59. The van der Waals surface area contributed by atoms with Gasteiger partial charge in [-0.2, -0.15) is 5.10 Å². The topological polar surface area (TPSA) is 91.3 Å². The van der Waals surface area contributed by atoms with Gasteiger partial charge in [0, 0.05) is 29.4 Å². The molecule has 0 atom stereocenters. The highest BCUT2D eigenvalue weighted by Crippen LogP contribution is 2.16. The molecule has 1 heterocycles. The summed E-state index contributed by atoms with van der Waals surface area (Å²) >= 11 is 5.85. The van der Waals surface area contributed by atoms with E-state index in [-0.39, 0.29) is 5.91 Å². The van der Waals surface area contributed by atoms with Gasteiger partial charge in [0.05, 0.1) is 23.8 Å². The molecule has 3 rings (SSSR count). The van der Waals surface area contributed by atoms with Crippen LogP contribution < -0.4 is 16.0 Å². The molecule has 0 radical (unpaired) electrons. The van der Waals surface area contributed by atoms with E-state index in [1.807, 2.05) is 6.07 Å². The Hall–Kier alpha value is -3.36. The highest BCUT2D eigenvalue weighted by atomic mass is 35.5. The van der Waals surface area contributed by atoms with Crippen LogP contribution in [0, 0.1) is 0 Å². The zero-order valence-electron chi connectivity index (χ0n) is 18.1. The van der Waals surface area contributed by atoms with Crippen molar-refractivity contribution < 1.29 is 9.59 Å². The Morgan fingerprint density at radius 3 is 2.47 bits per heavy atom. The van der Waals surface area contributed by atoms with E-state index >= 15 is 0 Å². The fourth-order valence-corrected chi connectivity index (χ4v) is 3.24. The van der Waals surface area contributed by atoms with E-state index in [9.17, 15) is 9.59 Å². The van der Waals surface area contributed by atoms with Crippen molar-refractivity contribution in [2.75, 3.05) is 36.8 Å². The lowest BCUT2D eigenvalue weighted by Gasteiger charge is -2.18. The van der Waals surface area contributed by atoms with Crippen LogP contribution in [0.3, 0.4) is 0 Å². The van der Waals surface area contributed by atoms with Crippen LogP contribution in [0.1, 0.15) is 24.2 Å². The quantitative estimate of drug-likeness (QED) is 0.451. The maximum atomic E-state index is 12.5. The van der Waals surface area contributed by atoms with E-state index in [0.29, 0.717) is 34.2 Å². The molecule has 3 N–H and O–H groups in total. The van der Waals surface area contributed by atoms with Crippen LogP contribution in [0.4, 0.5) is 16.2 Å². The summed E-state index contributed by atoms with van der Waals surface area (Å²) in [7, 11) is 0. The second-order valence-corrected chi connectivity index (χ2v) is 7.53. The average molecular weight is 455 g/mol. The van der Waals surface area contributed by atoms with Gasteiger partial charge in [0.25, 0.3) is 5.91 Å². The van der Waals surface area contributed by atoms with Crippen LogP contribution in [-0.2, 0) is 0 Å². The zero-order chi connectivity index (χ0) is 22.9. The number of benzene rings is 2. The number of hydrogen-bond acceptors (Lipinski definition) is 4. The van der Waals surface area contributed by atoms with E-state index in [1.165, 1.54) is 6.20 Å². The van der Waals surface area contributed by atoms with Crippen LogP contribution in [0.25, 0.3) is 5.69 Å². The molecule has 168 valence electrons. The first-order valence-corrected chi connectivity index (χ1v) is 10.9. The number of hydrogen-bond donors (Lipinski definition) is 3. The lowest BCUT2D eigenvalue weighted by Crippen LogP contribution is -2.34. The first kappa shape index (κ1) is 23.3. The number of anilines is 2. The number of nitrogens with zero attached hydrogens (tertiary/aromatic N) is 3. The number of amides is 3. The van der Waals surface area contributed by atoms with Gasteiger partial charge in [0.2, 0.25) is 0 Å². The maximum absolute atomic E-state index is 12.5. The number of carbonyl (C=O) groups excluding carboxylic acids is 2. The summed E-state index contributed by atoms with van der Waals surface area (Å²) < 4.78 is 1.60. The van der Waals surface area contributed by atoms with Crippen molar-refractivity contribution in [3.63, 3.8) is 0 Å². The van der Waals surface area contributed by atoms with Gasteiger partial charge >= 0.3 is 6.03 Å². The van der Waals surface area contributed by atoms with E-state index < -0.39 is 6.03 Å². The van der Waals surface area contributed by atoms with Crippen molar-refractivity contribution in [1.29, 1.82) is 0 Å². The van der Waals surface area contributed by atoms with Crippen molar-refractivity contribution >= 4 is 34.9 Å². The summed E-state index contributed by atoms with van der Waals surface area (Å²) in [4.78, 5) is 26.9. The van der Waals surface area contributed by atoms with Crippen LogP contribution in [0.2, 0.25) is 5.02 Å². The van der Waals surface area contributed by atoms with E-state index in [2.05, 4.69) is 39.8 Å². The number of halogens is 1. The number of rotatable bonds is 9. The van der Waals surface area contributed by atoms with Gasteiger partial charge in [-0.3, -0.25) is 4.79 Å². The molecule has 0 unspecified atom stereocenters. The lowest BCUT2D eigenvalue weighted by atomic mass is 10.2. The normalized spacial score (nSPS) is 10.8. The number of nitrogens with one attached hydrogen (secondary N) is 3. The Labute approximate surface area is 192 Å². The molecule has 9 heteroatoms. The first-order valence-electron chi connectivity index (χ1n) is 10.5. The van der Waals surface area contributed by atoms with Crippen LogP contribution in [0.5, 0.6) is 0 Å². The Bertz CT molecular complexity index is 1050. The van der Waals surface area contributed by atoms with Crippen molar-refractivity contribution in [3.05, 3.63) is 71.5 Å². The Morgan fingerprint density at radius 2 is 1.75 bits per heavy atom. The number of aromatic nitrogens is 2. The van der Waals surface area contributed by atoms with E-state index in [1.54, 1.807) is 53.3 Å². The summed E-state index contributed by atoms with van der Waals surface area (Å²) in [5.74, 6) is -0.133. The minimum Gasteiger partial charge on any atom is -0.351 e. The molecule has 0 spiro atoms. The lowest BCUT2D eigenvalue weighted by molar-refractivity contribution is 0.0949. The van der Waals surface area contributed by atoms with Gasteiger partial charge < -0.3 is 20.9 Å². The maximum Gasteiger partial charge on any atom is 0.323 e. The predicted octanol–water partition coefficient (Wildman–Crippen LogP) is 4.24. The number of likely N-dealkylation sites (N-methyl/N-ethyl adjacent to an activating group) is 1. The van der Waals surface area contributed by atoms with Crippen molar-refractivity contribution in [3.8, 4) is 5.69 Å². The number of carbonyl (C=O) groups is 2. The smallest absolute Gasteiger partial charge is 0.323 e. The van der Waals surface area contributed by atoms with Gasteiger partial charge in [-0.25, -0.2) is 9.48 Å². The monoisotopic (exact) mass is 454 g/mol. The van der Waals surface area contributed by atoms with Gasteiger partial charge in [-0.05, 0) is 55.6 Å². The second kappa shape index (κ2) is 11.3. The highest BCUT2D eigenvalue weighted by molar-refractivity contribution is 6.30. The Morgan fingerprint density at radius 1 is 1.03 bits per heavy atom. The fraction of sp³-hybridized carbons (Fsp3) is 0.261. The number of urea groups is 1. The summed E-state index contributed by atoms with van der Waals surface area (Å²) in [6.07, 6.45) is 3.22. The molecule has 0 saturated carbocycles. The van der Waals surface area contributed by atoms with Crippen molar-refractivity contribution in [2.45, 2.75) is 13.8 Å². The summed E-state index contributed by atoms with van der Waals surface area (Å²) in [6, 6.07) is 13.6. The molecule has 0 aliphatic rings. The average Bonchev–Trinajstić information content (AvgIpc) is 3.26. The van der Waals surface area contributed by atoms with Crippen LogP contribution >= 0.6 is 11.6 Å². The van der Waals surface area contributed by atoms with Gasteiger partial charge in [-0.1, -0.05) is 31.5 Å². The summed E-state index contributed by atoms with van der Waals surface area (Å²) in [5, 5.41) is 13.3. The predicted molar refractivity (Wildman–Crippen MR) is 128 cm³/mol. The third-order valence-corrected chi connectivity index (χ3v) is 5.18. The van der Waals surface area contributed by atoms with E-state index in [4.69, 9.17) is 11.6 Å². The molecule has 3 aromatic rings. The van der Waals surface area contributed by atoms with Crippen molar-refractivity contribution in [1.82, 2.24) is 20.0 Å². The van der Waals surface area contributed by atoms with Crippen LogP contribution in [-0.4, -0.2) is 52.8 Å². The summed E-state index contributed by atoms with van der Waals surface area (Å²) in [5.41, 5.74) is 2.41. The molecule has 8 nitrogen and oxygen atoms in total. The fourth-order valence-electron chi connectivity index (χ4n) is 3.11. The molecule has 1 aromatic heterocycles. The molecule has 2 aromatic carbocycles. The molecule has 0 fully saturated rings. The molecule has 0 aliphatic heterocycles. The van der Waals surface area contributed by atoms with Gasteiger partial charge in [0.15, 0.2) is 0 Å². The molecular formula is C23H27ClN6O2. The molecule has 0 bridgehead atoms. The standard InChI is InChI=1S/C23H27ClN6O2/c1-3-29(4-2)13-12-25-22(31)17-6-5-7-21(14-17)30-16-20(15-26-30)28-23(32)27-19-10-8-18(24)9-11-19/h5-11,14-16H,3-4,12-13H2,1-2H3,(H,25,31)(H2,27,28,32). The molecule has 0 saturated heterocycles. The first-order chi connectivity index (χ1) is 15.5. The summed E-state index contributed by atoms with van der Waals surface area (Å²) in [6.45, 7) is 7.51. The second-order valence-electron chi connectivity index (χ2n) is 7.09. The van der Waals surface area contributed by atoms with E-state index in [0.717, 1.165) is 19.6 Å². The molecule has 32 heavy (non-hydrogen) atoms. The minimum absolute atomic E-state index is 0.133. The van der Waals surface area contributed by atoms with Crippen LogP contribution in [0.15, 0.2) is 60.9 Å². The SMILES string of the molecule is CCN(CC)CCNC(=O)c1cccc(-n2cc(NC(=O)Nc3ccc(Cl)cc3)cn2)c1. The molecule has 3 amide bonds. The zero-order valence-corrected chi connectivity index (χ0v) is 18.9. The van der Waals surface area contributed by atoms with Crippen molar-refractivity contribution in [2.24, 2.45) is 0 Å². The van der Waals surface area contributed by atoms with Gasteiger partial charge in [0.1, 0.15) is 0 Å². The molecular weight excluding hydrogens is 428 g/mol. The largest absolute Gasteiger partial charge is 0.351 e. The molecule has 0 aliphatic carbocycles. The van der Waals surface area contributed by atoms with Gasteiger partial charge in [-0.15, -0.1) is 0 Å².